The third-order valence-corrected chi connectivity index (χ3v) is 3.86. The van der Waals surface area contributed by atoms with Crippen LogP contribution < -0.4 is 10.2 Å². The second kappa shape index (κ2) is 5.58. The summed E-state index contributed by atoms with van der Waals surface area (Å²) in [6.07, 6.45) is 5.67. The molecule has 1 aliphatic heterocycles. The number of rotatable bonds is 3. The zero-order valence-corrected chi connectivity index (χ0v) is 12.1. The highest BCUT2D eigenvalue weighted by Crippen LogP contribution is 2.20. The molecular weight excluding hydrogens is 272 g/mol. The van der Waals surface area contributed by atoms with Gasteiger partial charge < -0.3 is 9.88 Å². The summed E-state index contributed by atoms with van der Waals surface area (Å²) in [5.74, 6) is 1.65. The van der Waals surface area contributed by atoms with E-state index in [2.05, 4.69) is 22.6 Å². The number of aromatic nitrogens is 2. The lowest BCUT2D eigenvalue weighted by atomic mass is 10.2. The first-order valence-electron chi connectivity index (χ1n) is 6.45. The van der Waals surface area contributed by atoms with Crippen LogP contribution in [0.1, 0.15) is 5.56 Å². The fraction of sp³-hybridized carbons (Fsp3) is 0.286. The van der Waals surface area contributed by atoms with E-state index in [-0.39, 0.29) is 6.03 Å². The number of thioether (sulfide) groups is 1. The summed E-state index contributed by atoms with van der Waals surface area (Å²) >= 11 is 1.76. The molecule has 0 saturated heterocycles. The smallest absolute Gasteiger partial charge is 0.315 e. The van der Waals surface area contributed by atoms with E-state index in [1.54, 1.807) is 22.9 Å². The van der Waals surface area contributed by atoms with E-state index in [4.69, 9.17) is 0 Å². The minimum absolute atomic E-state index is 0.128. The van der Waals surface area contributed by atoms with Crippen molar-refractivity contribution in [1.82, 2.24) is 9.55 Å². The minimum Gasteiger partial charge on any atom is -0.315 e. The van der Waals surface area contributed by atoms with E-state index in [1.165, 1.54) is 5.56 Å². The number of benzene rings is 1. The molecule has 0 radical (unpaired) electrons. The number of hydrogen-bond donors (Lipinski definition) is 1. The van der Waals surface area contributed by atoms with Crippen LogP contribution in [0.15, 0.2) is 36.7 Å². The van der Waals surface area contributed by atoms with Gasteiger partial charge in [0.2, 0.25) is 5.95 Å². The molecule has 3 rings (SSSR count). The highest BCUT2D eigenvalue weighted by atomic mass is 32.2. The first-order chi connectivity index (χ1) is 9.78. The number of anilines is 2. The second-order valence-corrected chi connectivity index (χ2v) is 5.50. The number of hydrogen-bond acceptors (Lipinski definition) is 3. The Bertz CT molecular complexity index is 625. The van der Waals surface area contributed by atoms with Gasteiger partial charge in [-0.1, -0.05) is 12.1 Å². The number of nitrogens with one attached hydrogen (secondary N) is 1. The molecule has 6 heteroatoms. The maximum absolute atomic E-state index is 12.3. The van der Waals surface area contributed by atoms with Gasteiger partial charge in [0, 0.05) is 36.9 Å². The Labute approximate surface area is 122 Å². The van der Waals surface area contributed by atoms with Crippen LogP contribution in [0, 0.1) is 0 Å². The monoisotopic (exact) mass is 288 g/mol. The molecule has 0 unspecified atom stereocenters. The molecule has 0 atom stereocenters. The Balaban J connectivity index is 1.72. The van der Waals surface area contributed by atoms with Crippen molar-refractivity contribution in [2.75, 3.05) is 23.0 Å². The predicted octanol–water partition coefficient (Wildman–Crippen LogP) is 2.80. The number of fused-ring (bicyclic) bond motifs is 1. The Kier molecular flexibility index (Phi) is 3.64. The largest absolute Gasteiger partial charge is 0.328 e. The summed E-state index contributed by atoms with van der Waals surface area (Å²) in [6, 6.07) is 7.82. The Morgan fingerprint density at radius 2 is 2.35 bits per heavy atom. The van der Waals surface area contributed by atoms with Gasteiger partial charge in [-0.05, 0) is 24.0 Å². The van der Waals surface area contributed by atoms with Crippen molar-refractivity contribution in [3.8, 4) is 0 Å². The summed E-state index contributed by atoms with van der Waals surface area (Å²) in [7, 11) is 0. The molecule has 5 nitrogen and oxygen atoms in total. The van der Waals surface area contributed by atoms with Gasteiger partial charge >= 0.3 is 6.03 Å². The molecule has 1 aromatic carbocycles. The van der Waals surface area contributed by atoms with Crippen molar-refractivity contribution in [3.05, 3.63) is 42.2 Å². The Morgan fingerprint density at radius 3 is 3.20 bits per heavy atom. The van der Waals surface area contributed by atoms with Crippen molar-refractivity contribution in [1.29, 1.82) is 0 Å². The van der Waals surface area contributed by atoms with E-state index >= 15 is 0 Å². The number of imidazole rings is 1. The van der Waals surface area contributed by atoms with Crippen molar-refractivity contribution >= 4 is 29.4 Å². The van der Waals surface area contributed by atoms with E-state index < -0.39 is 0 Å². The zero-order valence-electron chi connectivity index (χ0n) is 11.2. The molecule has 2 amide bonds. The average Bonchev–Trinajstić information content (AvgIpc) is 3.01. The SMILES string of the molecule is CSCc1cccc(NC(=O)N2CCn3ccnc32)c1. The maximum Gasteiger partial charge on any atom is 0.328 e. The fourth-order valence-electron chi connectivity index (χ4n) is 2.32. The van der Waals surface area contributed by atoms with Gasteiger partial charge in [0.15, 0.2) is 0 Å². The standard InChI is InChI=1S/C14H16N4OS/c1-20-10-11-3-2-4-12(9-11)16-14(19)18-8-7-17-6-5-15-13(17)18/h2-6,9H,7-8,10H2,1H3,(H,16,19). The molecule has 1 aliphatic rings. The lowest BCUT2D eigenvalue weighted by molar-refractivity contribution is 0.257. The third kappa shape index (κ3) is 2.51. The summed E-state index contributed by atoms with van der Waals surface area (Å²) in [4.78, 5) is 18.2. The molecule has 0 spiro atoms. The molecule has 20 heavy (non-hydrogen) atoms. The molecule has 0 saturated carbocycles. The summed E-state index contributed by atoms with van der Waals surface area (Å²) < 4.78 is 1.98. The molecule has 2 aromatic rings. The number of carbonyl (C=O) groups excluding carboxylic acids is 1. The second-order valence-electron chi connectivity index (χ2n) is 4.64. The molecule has 104 valence electrons. The average molecular weight is 288 g/mol. The molecule has 2 heterocycles. The summed E-state index contributed by atoms with van der Waals surface area (Å²) in [5.41, 5.74) is 2.03. The highest BCUT2D eigenvalue weighted by molar-refractivity contribution is 7.97. The fourth-order valence-corrected chi connectivity index (χ4v) is 2.83. The van der Waals surface area contributed by atoms with Gasteiger partial charge in [-0.3, -0.25) is 4.90 Å². The summed E-state index contributed by atoms with van der Waals surface area (Å²) in [5, 5.41) is 2.94. The molecule has 0 bridgehead atoms. The first kappa shape index (κ1) is 13.1. The predicted molar refractivity (Wildman–Crippen MR) is 82.3 cm³/mol. The van der Waals surface area contributed by atoms with Gasteiger partial charge in [-0.15, -0.1) is 0 Å². The third-order valence-electron chi connectivity index (χ3n) is 3.23. The van der Waals surface area contributed by atoms with Crippen LogP contribution in [0.3, 0.4) is 0 Å². The maximum atomic E-state index is 12.3. The van der Waals surface area contributed by atoms with Crippen molar-refractivity contribution in [3.63, 3.8) is 0 Å². The Hall–Kier alpha value is -1.95. The Morgan fingerprint density at radius 1 is 1.45 bits per heavy atom. The molecular formula is C14H16N4OS. The zero-order chi connectivity index (χ0) is 13.9. The van der Waals surface area contributed by atoms with Crippen LogP contribution in [-0.4, -0.2) is 28.4 Å². The van der Waals surface area contributed by atoms with E-state index in [1.807, 2.05) is 29.0 Å². The van der Waals surface area contributed by atoms with Crippen LogP contribution in [0.25, 0.3) is 0 Å². The van der Waals surface area contributed by atoms with Crippen LogP contribution in [-0.2, 0) is 12.3 Å². The molecule has 0 aliphatic carbocycles. The van der Waals surface area contributed by atoms with Gasteiger partial charge in [0.05, 0.1) is 0 Å². The quantitative estimate of drug-likeness (QED) is 0.945. The highest BCUT2D eigenvalue weighted by Gasteiger charge is 2.25. The van der Waals surface area contributed by atoms with E-state index in [9.17, 15) is 4.79 Å². The van der Waals surface area contributed by atoms with Gasteiger partial charge in [-0.25, -0.2) is 9.78 Å². The number of urea groups is 1. The van der Waals surface area contributed by atoms with Gasteiger partial charge in [0.1, 0.15) is 0 Å². The first-order valence-corrected chi connectivity index (χ1v) is 7.85. The van der Waals surface area contributed by atoms with Crippen LogP contribution in [0.4, 0.5) is 16.4 Å². The topological polar surface area (TPSA) is 50.2 Å². The molecule has 1 N–H and O–H groups in total. The lowest BCUT2D eigenvalue weighted by Gasteiger charge is -2.15. The minimum atomic E-state index is -0.128. The lowest BCUT2D eigenvalue weighted by Crippen LogP contribution is -2.33. The van der Waals surface area contributed by atoms with Crippen molar-refractivity contribution in [2.24, 2.45) is 0 Å². The summed E-state index contributed by atoms with van der Waals surface area (Å²) in [6.45, 7) is 1.47. The van der Waals surface area contributed by atoms with Crippen molar-refractivity contribution in [2.45, 2.75) is 12.3 Å². The number of nitrogens with zero attached hydrogens (tertiary/aromatic N) is 3. The van der Waals surface area contributed by atoms with Gasteiger partial charge in [0.25, 0.3) is 0 Å². The van der Waals surface area contributed by atoms with E-state index in [0.29, 0.717) is 12.5 Å². The van der Waals surface area contributed by atoms with Crippen molar-refractivity contribution < 1.29 is 4.79 Å². The molecule has 0 fully saturated rings. The molecule has 1 aromatic heterocycles. The van der Waals surface area contributed by atoms with Gasteiger partial charge in [-0.2, -0.15) is 11.8 Å². The number of carbonyl (C=O) groups is 1. The normalized spacial score (nSPS) is 13.3. The van der Waals surface area contributed by atoms with Crippen LogP contribution in [0.2, 0.25) is 0 Å². The van der Waals surface area contributed by atoms with Crippen LogP contribution >= 0.6 is 11.8 Å². The van der Waals surface area contributed by atoms with Crippen LogP contribution in [0.5, 0.6) is 0 Å². The van der Waals surface area contributed by atoms with E-state index in [0.717, 1.165) is 18.0 Å². The number of amides is 2.